The predicted octanol–water partition coefficient (Wildman–Crippen LogP) is 4.83. The van der Waals surface area contributed by atoms with Gasteiger partial charge in [-0.2, -0.15) is 0 Å². The van der Waals surface area contributed by atoms with Crippen molar-refractivity contribution in [3.63, 3.8) is 0 Å². The second-order valence-corrected chi connectivity index (χ2v) is 6.59. The molecule has 5 nitrogen and oxygen atoms in total. The zero-order chi connectivity index (χ0) is 19.7. The summed E-state index contributed by atoms with van der Waals surface area (Å²) in [6.07, 6.45) is 5.14. The first-order valence-electron chi connectivity index (χ1n) is 8.82. The van der Waals surface area contributed by atoms with Gasteiger partial charge in [0, 0.05) is 0 Å². The number of nitrogens with zero attached hydrogens (tertiary/aromatic N) is 2. The molecule has 0 unspecified atom stereocenters. The van der Waals surface area contributed by atoms with Crippen LogP contribution in [0.5, 0.6) is 0 Å². The number of halogens is 2. The van der Waals surface area contributed by atoms with Gasteiger partial charge >= 0.3 is 5.97 Å². The Balaban J connectivity index is 1.61. The molecule has 1 aromatic heterocycles. The van der Waals surface area contributed by atoms with E-state index >= 15 is 0 Å². The van der Waals surface area contributed by atoms with Crippen molar-refractivity contribution in [1.29, 1.82) is 0 Å². The van der Waals surface area contributed by atoms with Crippen molar-refractivity contribution >= 4 is 17.3 Å². The van der Waals surface area contributed by atoms with E-state index in [4.69, 9.17) is 4.74 Å². The molecule has 1 saturated carbocycles. The topological polar surface area (TPSA) is 64.1 Å². The highest BCUT2D eigenvalue weighted by molar-refractivity contribution is 5.96. The van der Waals surface area contributed by atoms with E-state index < -0.39 is 17.6 Å². The minimum absolute atomic E-state index is 0.0180. The van der Waals surface area contributed by atoms with Crippen molar-refractivity contribution in [1.82, 2.24) is 9.97 Å². The molecule has 0 bridgehead atoms. The standard InChI is InChI=1S/C21H17F2N3O2/c1-28-21(27)16-9-13(12-5-6-12)7-8-18(16)26-14-10-24-20(25-11-14)15-3-2-4-17(22)19(15)23/h2-4,7-12,26H,5-6H2,1H3. The molecule has 0 aliphatic heterocycles. The highest BCUT2D eigenvalue weighted by Crippen LogP contribution is 2.41. The van der Waals surface area contributed by atoms with Crippen LogP contribution in [-0.2, 0) is 4.74 Å². The fourth-order valence-corrected chi connectivity index (χ4v) is 2.98. The van der Waals surface area contributed by atoms with Crippen LogP contribution in [0.1, 0.15) is 34.7 Å². The van der Waals surface area contributed by atoms with Crippen molar-refractivity contribution in [3.8, 4) is 11.4 Å². The van der Waals surface area contributed by atoms with E-state index in [1.54, 1.807) is 0 Å². The number of methoxy groups -OCH3 is 1. The summed E-state index contributed by atoms with van der Waals surface area (Å²) in [5.74, 6) is -1.82. The Morgan fingerprint density at radius 2 is 1.89 bits per heavy atom. The van der Waals surface area contributed by atoms with Crippen molar-refractivity contribution in [2.45, 2.75) is 18.8 Å². The molecule has 2 aromatic carbocycles. The summed E-state index contributed by atoms with van der Waals surface area (Å²) in [7, 11) is 1.33. The van der Waals surface area contributed by atoms with Gasteiger partial charge in [0.2, 0.25) is 0 Å². The molecule has 28 heavy (non-hydrogen) atoms. The van der Waals surface area contributed by atoms with Gasteiger partial charge in [0.15, 0.2) is 17.5 Å². The van der Waals surface area contributed by atoms with Crippen molar-refractivity contribution in [3.05, 3.63) is 71.6 Å². The number of aromatic nitrogens is 2. The number of benzene rings is 2. The second kappa shape index (κ2) is 7.34. The molecule has 7 heteroatoms. The van der Waals surface area contributed by atoms with E-state index in [0.29, 0.717) is 22.9 Å². The molecule has 0 saturated heterocycles. The number of nitrogens with one attached hydrogen (secondary N) is 1. The first-order valence-corrected chi connectivity index (χ1v) is 8.82. The van der Waals surface area contributed by atoms with Gasteiger partial charge in [0.05, 0.1) is 42.0 Å². The zero-order valence-corrected chi connectivity index (χ0v) is 15.1. The molecule has 0 radical (unpaired) electrons. The average Bonchev–Trinajstić information content (AvgIpc) is 3.56. The first kappa shape index (κ1) is 18.0. The summed E-state index contributed by atoms with van der Waals surface area (Å²) < 4.78 is 32.2. The minimum Gasteiger partial charge on any atom is -0.465 e. The molecular formula is C21H17F2N3O2. The van der Waals surface area contributed by atoms with E-state index in [9.17, 15) is 13.6 Å². The highest BCUT2D eigenvalue weighted by Gasteiger charge is 2.25. The lowest BCUT2D eigenvalue weighted by atomic mass is 10.0. The Morgan fingerprint density at radius 1 is 1.14 bits per heavy atom. The van der Waals surface area contributed by atoms with Crippen LogP contribution in [0.3, 0.4) is 0 Å². The first-order chi connectivity index (χ1) is 13.6. The normalized spacial score (nSPS) is 13.2. The van der Waals surface area contributed by atoms with E-state index in [2.05, 4.69) is 15.3 Å². The van der Waals surface area contributed by atoms with Crippen molar-refractivity contribution < 1.29 is 18.3 Å². The third kappa shape index (κ3) is 3.55. The summed E-state index contributed by atoms with van der Waals surface area (Å²) >= 11 is 0. The molecule has 1 heterocycles. The van der Waals surface area contributed by atoms with Crippen molar-refractivity contribution in [2.24, 2.45) is 0 Å². The lowest BCUT2D eigenvalue weighted by molar-refractivity contribution is 0.0602. The number of anilines is 2. The van der Waals surface area contributed by atoms with Crippen LogP contribution in [0.2, 0.25) is 0 Å². The Morgan fingerprint density at radius 3 is 2.57 bits per heavy atom. The molecule has 1 aliphatic rings. The number of rotatable bonds is 5. The molecule has 4 rings (SSSR count). The molecule has 0 amide bonds. The van der Waals surface area contributed by atoms with Gasteiger partial charge < -0.3 is 10.1 Å². The van der Waals surface area contributed by atoms with Gasteiger partial charge in [0.25, 0.3) is 0 Å². The van der Waals surface area contributed by atoms with E-state index in [1.807, 2.05) is 18.2 Å². The van der Waals surface area contributed by atoms with Gasteiger partial charge in [-0.05, 0) is 48.6 Å². The lowest BCUT2D eigenvalue weighted by Gasteiger charge is -2.12. The van der Waals surface area contributed by atoms with Crippen LogP contribution in [-0.4, -0.2) is 23.0 Å². The molecule has 1 N–H and O–H groups in total. The molecule has 142 valence electrons. The SMILES string of the molecule is COC(=O)c1cc(C2CC2)ccc1Nc1cnc(-c2cccc(F)c2F)nc1. The summed E-state index contributed by atoms with van der Waals surface area (Å²) in [6.45, 7) is 0. The van der Waals surface area contributed by atoms with Gasteiger partial charge in [-0.1, -0.05) is 12.1 Å². The number of carbonyl (C=O) groups is 1. The third-order valence-corrected chi connectivity index (χ3v) is 4.62. The van der Waals surface area contributed by atoms with E-state index in [1.165, 1.54) is 31.6 Å². The van der Waals surface area contributed by atoms with Gasteiger partial charge in [0.1, 0.15) is 0 Å². The van der Waals surface area contributed by atoms with Crippen LogP contribution in [0.4, 0.5) is 20.2 Å². The van der Waals surface area contributed by atoms with Crippen LogP contribution >= 0.6 is 0 Å². The number of hydrogen-bond acceptors (Lipinski definition) is 5. The monoisotopic (exact) mass is 381 g/mol. The maximum absolute atomic E-state index is 13.9. The highest BCUT2D eigenvalue weighted by atomic mass is 19.2. The quantitative estimate of drug-likeness (QED) is 0.642. The predicted molar refractivity (Wildman–Crippen MR) is 100 cm³/mol. The van der Waals surface area contributed by atoms with Crippen molar-refractivity contribution in [2.75, 3.05) is 12.4 Å². The Hall–Kier alpha value is -3.35. The second-order valence-electron chi connectivity index (χ2n) is 6.59. The molecule has 0 spiro atoms. The molecule has 3 aromatic rings. The summed E-state index contributed by atoms with van der Waals surface area (Å²) in [6, 6.07) is 9.47. The van der Waals surface area contributed by atoms with Gasteiger partial charge in [-0.25, -0.2) is 23.5 Å². The molecular weight excluding hydrogens is 364 g/mol. The summed E-state index contributed by atoms with van der Waals surface area (Å²) in [5.41, 5.74) is 2.58. The maximum atomic E-state index is 13.9. The summed E-state index contributed by atoms with van der Waals surface area (Å²) in [5, 5.41) is 3.09. The maximum Gasteiger partial charge on any atom is 0.339 e. The zero-order valence-electron chi connectivity index (χ0n) is 15.1. The van der Waals surface area contributed by atoms with E-state index in [0.717, 1.165) is 24.5 Å². The van der Waals surface area contributed by atoms with Crippen LogP contribution in [0, 0.1) is 11.6 Å². The number of esters is 1. The lowest BCUT2D eigenvalue weighted by Crippen LogP contribution is -2.07. The minimum atomic E-state index is -0.994. The molecule has 1 fully saturated rings. The third-order valence-electron chi connectivity index (χ3n) is 4.62. The Kier molecular flexibility index (Phi) is 4.73. The number of hydrogen-bond donors (Lipinski definition) is 1. The number of carbonyl (C=O) groups excluding carboxylic acids is 1. The smallest absolute Gasteiger partial charge is 0.339 e. The largest absolute Gasteiger partial charge is 0.465 e. The fraction of sp³-hybridized carbons (Fsp3) is 0.190. The van der Waals surface area contributed by atoms with Crippen LogP contribution in [0.25, 0.3) is 11.4 Å². The summed E-state index contributed by atoms with van der Waals surface area (Å²) in [4.78, 5) is 20.4. The van der Waals surface area contributed by atoms with E-state index in [-0.39, 0.29) is 11.4 Å². The Bertz CT molecular complexity index is 1030. The van der Waals surface area contributed by atoms with Gasteiger partial charge in [-0.15, -0.1) is 0 Å². The molecule has 0 atom stereocenters. The average molecular weight is 381 g/mol. The Labute approximate surface area is 160 Å². The number of ether oxygens (including phenoxy) is 1. The molecule has 1 aliphatic carbocycles. The fourth-order valence-electron chi connectivity index (χ4n) is 2.98. The van der Waals surface area contributed by atoms with Gasteiger partial charge in [-0.3, -0.25) is 0 Å². The van der Waals surface area contributed by atoms with Crippen LogP contribution < -0.4 is 5.32 Å². The van der Waals surface area contributed by atoms with Crippen LogP contribution in [0.15, 0.2) is 48.8 Å².